The maximum absolute atomic E-state index is 10.5. The van der Waals surface area contributed by atoms with E-state index in [1.807, 2.05) is 0 Å². The molecule has 0 bridgehead atoms. The second kappa shape index (κ2) is 5.90. The number of quaternary nitrogens is 1. The van der Waals surface area contributed by atoms with E-state index in [0.717, 1.165) is 31.9 Å². The van der Waals surface area contributed by atoms with Crippen LogP contribution in [0.3, 0.4) is 0 Å². The van der Waals surface area contributed by atoms with Gasteiger partial charge in [-0.15, -0.1) is 0 Å². The van der Waals surface area contributed by atoms with Crippen molar-refractivity contribution >= 4 is 5.69 Å². The second-order valence-corrected chi connectivity index (χ2v) is 4.43. The van der Waals surface area contributed by atoms with Gasteiger partial charge in [-0.05, 0) is 17.7 Å². The molecule has 0 radical (unpaired) electrons. The summed E-state index contributed by atoms with van der Waals surface area (Å²) in [5, 5.41) is 20.6. The standard InChI is InChI=1S/C12H16N2O4/c15-12(9-13-5-7-18-8-6-13)10-1-3-11(4-2-10)14(16)17/h1-4,12,15H,5-9H2/p+1/t12-/m0/s1. The Kier molecular flexibility index (Phi) is 4.24. The molecule has 1 aromatic carbocycles. The van der Waals surface area contributed by atoms with Crippen LogP contribution in [-0.2, 0) is 4.74 Å². The lowest BCUT2D eigenvalue weighted by Crippen LogP contribution is -3.14. The maximum Gasteiger partial charge on any atom is 0.269 e. The molecular formula is C12H17N2O4+. The summed E-state index contributed by atoms with van der Waals surface area (Å²) in [7, 11) is 0. The van der Waals surface area contributed by atoms with Crippen molar-refractivity contribution in [2.45, 2.75) is 6.10 Å². The number of nitro benzene ring substituents is 1. The predicted molar refractivity (Wildman–Crippen MR) is 64.4 cm³/mol. The monoisotopic (exact) mass is 253 g/mol. The summed E-state index contributed by atoms with van der Waals surface area (Å²) in [5.41, 5.74) is 0.768. The van der Waals surface area contributed by atoms with E-state index in [4.69, 9.17) is 4.74 Å². The van der Waals surface area contributed by atoms with Crippen LogP contribution in [0.25, 0.3) is 0 Å². The highest BCUT2D eigenvalue weighted by Crippen LogP contribution is 2.16. The Morgan fingerprint density at radius 2 is 1.94 bits per heavy atom. The van der Waals surface area contributed by atoms with Gasteiger partial charge in [-0.25, -0.2) is 0 Å². The molecule has 1 atom stereocenters. The summed E-state index contributed by atoms with van der Waals surface area (Å²) < 4.78 is 5.25. The Morgan fingerprint density at radius 1 is 1.33 bits per heavy atom. The van der Waals surface area contributed by atoms with Crippen LogP contribution in [0.1, 0.15) is 11.7 Å². The molecule has 0 spiro atoms. The molecule has 1 saturated heterocycles. The molecule has 18 heavy (non-hydrogen) atoms. The van der Waals surface area contributed by atoms with Crippen LogP contribution < -0.4 is 4.90 Å². The third kappa shape index (κ3) is 3.25. The van der Waals surface area contributed by atoms with Crippen molar-refractivity contribution in [2.75, 3.05) is 32.8 Å². The number of nitrogens with one attached hydrogen (secondary N) is 1. The third-order valence-electron chi connectivity index (χ3n) is 3.17. The van der Waals surface area contributed by atoms with Gasteiger partial charge in [0.1, 0.15) is 25.7 Å². The third-order valence-corrected chi connectivity index (χ3v) is 3.17. The lowest BCUT2D eigenvalue weighted by Gasteiger charge is -2.25. The molecule has 0 amide bonds. The first-order valence-corrected chi connectivity index (χ1v) is 6.00. The van der Waals surface area contributed by atoms with Crippen molar-refractivity contribution in [3.8, 4) is 0 Å². The highest BCUT2D eigenvalue weighted by atomic mass is 16.6. The Balaban J connectivity index is 1.95. The topological polar surface area (TPSA) is 77.0 Å². The van der Waals surface area contributed by atoms with Gasteiger partial charge in [0.05, 0.1) is 18.1 Å². The zero-order valence-corrected chi connectivity index (χ0v) is 10.0. The first-order valence-electron chi connectivity index (χ1n) is 6.00. The number of ether oxygens (including phenoxy) is 1. The minimum absolute atomic E-state index is 0.0460. The smallest absolute Gasteiger partial charge is 0.269 e. The van der Waals surface area contributed by atoms with Crippen LogP contribution in [0.5, 0.6) is 0 Å². The van der Waals surface area contributed by atoms with Gasteiger partial charge in [0, 0.05) is 12.1 Å². The van der Waals surface area contributed by atoms with E-state index in [1.165, 1.54) is 17.0 Å². The van der Waals surface area contributed by atoms with E-state index in [9.17, 15) is 15.2 Å². The number of nitro groups is 1. The minimum Gasteiger partial charge on any atom is -0.382 e. The number of rotatable bonds is 4. The molecule has 1 fully saturated rings. The van der Waals surface area contributed by atoms with E-state index >= 15 is 0 Å². The van der Waals surface area contributed by atoms with E-state index in [1.54, 1.807) is 12.1 Å². The summed E-state index contributed by atoms with van der Waals surface area (Å²) in [6.45, 7) is 3.85. The Hall–Kier alpha value is -1.50. The van der Waals surface area contributed by atoms with Crippen LogP contribution in [0.2, 0.25) is 0 Å². The fourth-order valence-electron chi connectivity index (χ4n) is 2.07. The zero-order valence-electron chi connectivity index (χ0n) is 10.0. The molecular weight excluding hydrogens is 236 g/mol. The number of aliphatic hydroxyl groups excluding tert-OH is 1. The fraction of sp³-hybridized carbons (Fsp3) is 0.500. The van der Waals surface area contributed by atoms with E-state index in [2.05, 4.69) is 0 Å². The van der Waals surface area contributed by atoms with Gasteiger partial charge in [-0.2, -0.15) is 0 Å². The van der Waals surface area contributed by atoms with Gasteiger partial charge in [-0.3, -0.25) is 10.1 Å². The number of hydrogen-bond acceptors (Lipinski definition) is 4. The number of aliphatic hydroxyl groups is 1. The summed E-state index contributed by atoms with van der Waals surface area (Å²) in [4.78, 5) is 11.4. The van der Waals surface area contributed by atoms with Crippen molar-refractivity contribution in [2.24, 2.45) is 0 Å². The lowest BCUT2D eigenvalue weighted by molar-refractivity contribution is -0.911. The van der Waals surface area contributed by atoms with Crippen molar-refractivity contribution < 1.29 is 19.7 Å². The van der Waals surface area contributed by atoms with Crippen LogP contribution in [0, 0.1) is 10.1 Å². The zero-order chi connectivity index (χ0) is 13.0. The predicted octanol–water partition coefficient (Wildman–Crippen LogP) is -0.457. The molecule has 0 aromatic heterocycles. The largest absolute Gasteiger partial charge is 0.382 e. The molecule has 1 aromatic rings. The van der Waals surface area contributed by atoms with Crippen molar-refractivity contribution in [3.63, 3.8) is 0 Å². The average molecular weight is 253 g/mol. The van der Waals surface area contributed by atoms with Crippen molar-refractivity contribution in [3.05, 3.63) is 39.9 Å². The van der Waals surface area contributed by atoms with Gasteiger partial charge >= 0.3 is 0 Å². The highest BCUT2D eigenvalue weighted by molar-refractivity contribution is 5.33. The summed E-state index contributed by atoms with van der Waals surface area (Å²) in [5.74, 6) is 0. The summed E-state index contributed by atoms with van der Waals surface area (Å²) in [6, 6.07) is 6.08. The van der Waals surface area contributed by atoms with Crippen LogP contribution in [0.4, 0.5) is 5.69 Å². The van der Waals surface area contributed by atoms with Gasteiger partial charge < -0.3 is 14.7 Å². The van der Waals surface area contributed by atoms with Crippen molar-refractivity contribution in [1.82, 2.24) is 0 Å². The average Bonchev–Trinajstić information content (AvgIpc) is 2.40. The van der Waals surface area contributed by atoms with Gasteiger partial charge in [0.2, 0.25) is 0 Å². The molecule has 1 aliphatic rings. The van der Waals surface area contributed by atoms with E-state index in [0.29, 0.717) is 6.54 Å². The van der Waals surface area contributed by atoms with Crippen molar-refractivity contribution in [1.29, 1.82) is 0 Å². The molecule has 6 heteroatoms. The Labute approximate surface area is 105 Å². The SMILES string of the molecule is O=[N+]([O-])c1ccc([C@@H](O)C[NH+]2CCOCC2)cc1. The number of nitrogens with zero attached hydrogens (tertiary/aromatic N) is 1. The first-order chi connectivity index (χ1) is 8.66. The van der Waals surface area contributed by atoms with Crippen LogP contribution in [0.15, 0.2) is 24.3 Å². The van der Waals surface area contributed by atoms with Crippen LogP contribution >= 0.6 is 0 Å². The van der Waals surface area contributed by atoms with Gasteiger partial charge in [0.15, 0.2) is 0 Å². The maximum atomic E-state index is 10.5. The molecule has 1 heterocycles. The first kappa shape index (κ1) is 12.9. The van der Waals surface area contributed by atoms with E-state index in [-0.39, 0.29) is 5.69 Å². The number of benzene rings is 1. The summed E-state index contributed by atoms with van der Waals surface area (Å²) >= 11 is 0. The molecule has 2 rings (SSSR count). The Morgan fingerprint density at radius 3 is 2.50 bits per heavy atom. The normalized spacial score (nSPS) is 18.5. The Bertz CT molecular complexity index is 401. The summed E-state index contributed by atoms with van der Waals surface area (Å²) in [6.07, 6.45) is -0.584. The number of non-ortho nitro benzene ring substituents is 1. The number of hydrogen-bond donors (Lipinski definition) is 2. The molecule has 0 aliphatic carbocycles. The molecule has 0 unspecified atom stereocenters. The van der Waals surface area contributed by atoms with Gasteiger partial charge in [-0.1, -0.05) is 0 Å². The quantitative estimate of drug-likeness (QED) is 0.562. The number of morpholine rings is 1. The van der Waals surface area contributed by atoms with Gasteiger partial charge in [0.25, 0.3) is 5.69 Å². The molecule has 0 saturated carbocycles. The molecule has 6 nitrogen and oxygen atoms in total. The second-order valence-electron chi connectivity index (χ2n) is 4.43. The lowest BCUT2D eigenvalue weighted by atomic mass is 10.1. The van der Waals surface area contributed by atoms with Crippen LogP contribution in [-0.4, -0.2) is 42.9 Å². The minimum atomic E-state index is -0.584. The molecule has 98 valence electrons. The fourth-order valence-corrected chi connectivity index (χ4v) is 2.07. The highest BCUT2D eigenvalue weighted by Gasteiger charge is 2.19. The molecule has 2 N–H and O–H groups in total. The van der Waals surface area contributed by atoms with E-state index < -0.39 is 11.0 Å². The molecule has 1 aliphatic heterocycles.